The largest absolute Gasteiger partial charge is 0.303 e. The lowest BCUT2D eigenvalue weighted by Crippen LogP contribution is -2.45. The van der Waals surface area contributed by atoms with Crippen molar-refractivity contribution in [2.75, 3.05) is 45.5 Å². The highest BCUT2D eigenvalue weighted by molar-refractivity contribution is 7.88. The molecule has 0 aromatic carbocycles. The average molecular weight is 332 g/mol. The van der Waals surface area contributed by atoms with E-state index in [4.69, 9.17) is 0 Å². The number of hydrogen-bond acceptors (Lipinski definition) is 4. The second-order valence-corrected chi connectivity index (χ2v) is 9.29. The fourth-order valence-electron chi connectivity index (χ4n) is 3.77. The SMILES string of the molecule is CC(C)N1CCC(CN2CCC[C@@H](CNS(C)(=O)=O)C2)CC1. The lowest BCUT2D eigenvalue weighted by molar-refractivity contribution is 0.101. The van der Waals surface area contributed by atoms with E-state index >= 15 is 0 Å². The monoisotopic (exact) mass is 331 g/mol. The first-order valence-corrected chi connectivity index (χ1v) is 10.6. The second kappa shape index (κ2) is 8.08. The maximum Gasteiger partial charge on any atom is 0.208 e. The van der Waals surface area contributed by atoms with Crippen LogP contribution in [0, 0.1) is 11.8 Å². The van der Waals surface area contributed by atoms with Gasteiger partial charge < -0.3 is 9.80 Å². The van der Waals surface area contributed by atoms with Crippen LogP contribution in [0.4, 0.5) is 0 Å². The number of nitrogens with one attached hydrogen (secondary N) is 1. The molecule has 22 heavy (non-hydrogen) atoms. The van der Waals surface area contributed by atoms with E-state index in [1.54, 1.807) is 0 Å². The Hall–Kier alpha value is -0.170. The maximum absolute atomic E-state index is 11.2. The van der Waals surface area contributed by atoms with E-state index in [0.29, 0.717) is 18.5 Å². The van der Waals surface area contributed by atoms with Gasteiger partial charge in [-0.05, 0) is 71.0 Å². The van der Waals surface area contributed by atoms with E-state index in [0.717, 1.165) is 18.9 Å². The molecule has 2 aliphatic heterocycles. The van der Waals surface area contributed by atoms with Gasteiger partial charge in [-0.3, -0.25) is 0 Å². The third-order valence-electron chi connectivity index (χ3n) is 5.13. The zero-order valence-corrected chi connectivity index (χ0v) is 15.2. The van der Waals surface area contributed by atoms with Crippen LogP contribution < -0.4 is 4.72 Å². The Morgan fingerprint density at radius 2 is 1.77 bits per heavy atom. The first-order chi connectivity index (χ1) is 10.3. The Morgan fingerprint density at radius 1 is 1.09 bits per heavy atom. The van der Waals surface area contributed by atoms with E-state index in [1.165, 1.54) is 51.7 Å². The van der Waals surface area contributed by atoms with Crippen LogP contribution in [0.2, 0.25) is 0 Å². The van der Waals surface area contributed by atoms with E-state index in [9.17, 15) is 8.42 Å². The van der Waals surface area contributed by atoms with Crippen LogP contribution in [0.5, 0.6) is 0 Å². The lowest BCUT2D eigenvalue weighted by atomic mass is 9.92. The molecule has 0 amide bonds. The van der Waals surface area contributed by atoms with Gasteiger partial charge in [0, 0.05) is 25.7 Å². The summed E-state index contributed by atoms with van der Waals surface area (Å²) in [5, 5.41) is 0. The van der Waals surface area contributed by atoms with Crippen molar-refractivity contribution in [1.82, 2.24) is 14.5 Å². The molecule has 2 fully saturated rings. The minimum Gasteiger partial charge on any atom is -0.303 e. The van der Waals surface area contributed by atoms with E-state index < -0.39 is 10.0 Å². The smallest absolute Gasteiger partial charge is 0.208 e. The first-order valence-electron chi connectivity index (χ1n) is 8.74. The quantitative estimate of drug-likeness (QED) is 0.799. The fraction of sp³-hybridized carbons (Fsp3) is 1.00. The fourth-order valence-corrected chi connectivity index (χ4v) is 4.31. The van der Waals surface area contributed by atoms with Gasteiger partial charge in [0.05, 0.1) is 6.26 Å². The summed E-state index contributed by atoms with van der Waals surface area (Å²) in [6.07, 6.45) is 6.20. The zero-order chi connectivity index (χ0) is 16.2. The zero-order valence-electron chi connectivity index (χ0n) is 14.4. The molecular formula is C16H33N3O2S. The normalized spacial score (nSPS) is 26.6. The molecule has 2 aliphatic rings. The van der Waals surface area contributed by atoms with Crippen molar-refractivity contribution in [2.24, 2.45) is 11.8 Å². The summed E-state index contributed by atoms with van der Waals surface area (Å²) in [5.74, 6) is 1.29. The Labute approximate surface area is 136 Å². The van der Waals surface area contributed by atoms with Gasteiger partial charge in [-0.15, -0.1) is 0 Å². The van der Waals surface area contributed by atoms with Crippen LogP contribution in [0.25, 0.3) is 0 Å². The molecular weight excluding hydrogens is 298 g/mol. The van der Waals surface area contributed by atoms with E-state index in [1.807, 2.05) is 0 Å². The molecule has 2 rings (SSSR count). The summed E-state index contributed by atoms with van der Waals surface area (Å²) >= 11 is 0. The molecule has 2 heterocycles. The Morgan fingerprint density at radius 3 is 2.36 bits per heavy atom. The van der Waals surface area contributed by atoms with Gasteiger partial charge in [0.25, 0.3) is 0 Å². The third-order valence-corrected chi connectivity index (χ3v) is 5.82. The molecule has 0 aromatic heterocycles. The molecule has 0 bridgehead atoms. The Balaban J connectivity index is 1.72. The summed E-state index contributed by atoms with van der Waals surface area (Å²) in [7, 11) is -3.06. The van der Waals surface area contributed by atoms with Gasteiger partial charge in [-0.2, -0.15) is 0 Å². The number of sulfonamides is 1. The second-order valence-electron chi connectivity index (χ2n) is 7.46. The molecule has 5 nitrogen and oxygen atoms in total. The Bertz CT molecular complexity index is 431. The standard InChI is InChI=1S/C16H33N3O2S/c1-14(2)19-9-6-15(7-10-19)12-18-8-4-5-16(13-18)11-17-22(3,20)21/h14-17H,4-13H2,1-3H3/t16-/m0/s1. The van der Waals surface area contributed by atoms with Crippen LogP contribution in [-0.4, -0.2) is 69.8 Å². The molecule has 0 unspecified atom stereocenters. The summed E-state index contributed by atoms with van der Waals surface area (Å²) in [6.45, 7) is 11.0. The van der Waals surface area contributed by atoms with Gasteiger partial charge >= 0.3 is 0 Å². The van der Waals surface area contributed by atoms with Crippen LogP contribution in [0.1, 0.15) is 39.5 Å². The number of piperidine rings is 2. The minimum atomic E-state index is -3.06. The van der Waals surface area contributed by atoms with Crippen LogP contribution in [0.15, 0.2) is 0 Å². The number of likely N-dealkylation sites (tertiary alicyclic amines) is 2. The van der Waals surface area contributed by atoms with Gasteiger partial charge in [-0.1, -0.05) is 0 Å². The topological polar surface area (TPSA) is 52.6 Å². The minimum absolute atomic E-state index is 0.472. The van der Waals surface area contributed by atoms with Crippen LogP contribution in [-0.2, 0) is 10.0 Å². The van der Waals surface area contributed by atoms with Crippen molar-refractivity contribution < 1.29 is 8.42 Å². The molecule has 0 saturated carbocycles. The summed E-state index contributed by atoms with van der Waals surface area (Å²) in [5.41, 5.74) is 0. The van der Waals surface area contributed by atoms with Crippen molar-refractivity contribution >= 4 is 10.0 Å². The summed E-state index contributed by atoms with van der Waals surface area (Å²) in [6, 6.07) is 0.669. The molecule has 6 heteroatoms. The highest BCUT2D eigenvalue weighted by Gasteiger charge is 2.26. The maximum atomic E-state index is 11.2. The van der Waals surface area contributed by atoms with Crippen LogP contribution in [0.3, 0.4) is 0 Å². The Kier molecular flexibility index (Phi) is 6.68. The molecule has 0 radical (unpaired) electrons. The predicted octanol–water partition coefficient (Wildman–Crippen LogP) is 1.37. The molecule has 1 atom stereocenters. The molecule has 2 saturated heterocycles. The molecule has 0 spiro atoms. The van der Waals surface area contributed by atoms with Crippen molar-refractivity contribution in [1.29, 1.82) is 0 Å². The average Bonchev–Trinajstić information content (AvgIpc) is 2.45. The lowest BCUT2D eigenvalue weighted by Gasteiger charge is -2.39. The number of nitrogens with zero attached hydrogens (tertiary/aromatic N) is 2. The summed E-state index contributed by atoms with van der Waals surface area (Å²) in [4.78, 5) is 5.14. The highest BCUT2D eigenvalue weighted by Crippen LogP contribution is 2.23. The highest BCUT2D eigenvalue weighted by atomic mass is 32.2. The van der Waals surface area contributed by atoms with Crippen molar-refractivity contribution in [3.05, 3.63) is 0 Å². The van der Waals surface area contributed by atoms with E-state index in [2.05, 4.69) is 28.4 Å². The van der Waals surface area contributed by atoms with Gasteiger partial charge in [0.2, 0.25) is 10.0 Å². The number of hydrogen-bond donors (Lipinski definition) is 1. The van der Waals surface area contributed by atoms with Gasteiger partial charge in [-0.25, -0.2) is 13.1 Å². The third kappa shape index (κ3) is 6.14. The molecule has 0 aliphatic carbocycles. The molecule has 130 valence electrons. The molecule has 0 aromatic rings. The van der Waals surface area contributed by atoms with Crippen LogP contribution >= 0.6 is 0 Å². The number of rotatable bonds is 6. The van der Waals surface area contributed by atoms with Gasteiger partial charge in [0.15, 0.2) is 0 Å². The summed E-state index contributed by atoms with van der Waals surface area (Å²) < 4.78 is 25.1. The molecule has 1 N–H and O–H groups in total. The van der Waals surface area contributed by atoms with Gasteiger partial charge in [0.1, 0.15) is 0 Å². The predicted molar refractivity (Wildman–Crippen MR) is 91.4 cm³/mol. The van der Waals surface area contributed by atoms with Crippen molar-refractivity contribution in [3.8, 4) is 0 Å². The first kappa shape index (κ1) is 18.2. The van der Waals surface area contributed by atoms with E-state index in [-0.39, 0.29) is 0 Å². The van der Waals surface area contributed by atoms with Crippen molar-refractivity contribution in [2.45, 2.75) is 45.6 Å². The van der Waals surface area contributed by atoms with Crippen molar-refractivity contribution in [3.63, 3.8) is 0 Å².